The van der Waals surface area contributed by atoms with Gasteiger partial charge in [-0.1, -0.05) is 18.2 Å². The van der Waals surface area contributed by atoms with Crippen LogP contribution < -0.4 is 14.8 Å². The summed E-state index contributed by atoms with van der Waals surface area (Å²) >= 11 is 0. The van der Waals surface area contributed by atoms with E-state index in [-0.39, 0.29) is 24.0 Å². The molecule has 8 heteroatoms. The maximum Gasteiger partial charge on any atom is 0.254 e. The van der Waals surface area contributed by atoms with Gasteiger partial charge in [0.1, 0.15) is 0 Å². The lowest BCUT2D eigenvalue weighted by Gasteiger charge is -2.31. The Kier molecular flexibility index (Phi) is 10.4. The Morgan fingerprint density at radius 2 is 1.85 bits per heavy atom. The van der Waals surface area contributed by atoms with E-state index in [1.165, 1.54) is 0 Å². The van der Waals surface area contributed by atoms with Crippen LogP contribution in [0.3, 0.4) is 0 Å². The van der Waals surface area contributed by atoms with Gasteiger partial charge in [0.2, 0.25) is 0 Å². The van der Waals surface area contributed by atoms with Crippen molar-refractivity contribution in [1.82, 2.24) is 10.2 Å². The third-order valence-corrected chi connectivity index (χ3v) is 7.25. The number of amides is 1. The molecule has 1 amide bonds. The van der Waals surface area contributed by atoms with Gasteiger partial charge < -0.3 is 29.2 Å². The van der Waals surface area contributed by atoms with Crippen molar-refractivity contribution in [1.29, 1.82) is 5.26 Å². The van der Waals surface area contributed by atoms with Crippen molar-refractivity contribution in [3.8, 4) is 17.6 Å². The van der Waals surface area contributed by atoms with Crippen LogP contribution in [-0.4, -0.2) is 70.0 Å². The van der Waals surface area contributed by atoms with Crippen LogP contribution >= 0.6 is 0 Å². The topological polar surface area (TPSA) is 93.0 Å². The quantitative estimate of drug-likeness (QED) is 0.309. The molecule has 0 radical (unpaired) electrons. The number of carbonyl (C=O) groups excluding carboxylic acids is 1. The van der Waals surface area contributed by atoms with Gasteiger partial charge in [-0.25, -0.2) is 0 Å². The van der Waals surface area contributed by atoms with E-state index in [1.54, 1.807) is 32.4 Å². The first kappa shape index (κ1) is 29.3. The molecule has 1 aliphatic heterocycles. The fourth-order valence-corrected chi connectivity index (χ4v) is 5.00. The molecule has 1 aliphatic rings. The lowest BCUT2D eigenvalue weighted by Crippen LogP contribution is -2.43. The van der Waals surface area contributed by atoms with Crippen LogP contribution in [0, 0.1) is 17.2 Å². The average molecular weight is 546 g/mol. The molecule has 8 nitrogen and oxygen atoms in total. The number of nitrogens with one attached hydrogen (secondary N) is 1. The van der Waals surface area contributed by atoms with E-state index in [1.807, 2.05) is 36.9 Å². The third-order valence-electron chi connectivity index (χ3n) is 7.25. The second-order valence-electron chi connectivity index (χ2n) is 10.4. The van der Waals surface area contributed by atoms with Crippen molar-refractivity contribution in [3.05, 3.63) is 71.3 Å². The molecule has 40 heavy (non-hydrogen) atoms. The highest BCUT2D eigenvalue weighted by Crippen LogP contribution is 2.30. The van der Waals surface area contributed by atoms with Crippen LogP contribution in [-0.2, 0) is 16.1 Å². The smallest absolute Gasteiger partial charge is 0.254 e. The van der Waals surface area contributed by atoms with Crippen LogP contribution in [0.4, 0.5) is 0 Å². The molecule has 1 N–H and O–H groups in total. The summed E-state index contributed by atoms with van der Waals surface area (Å²) in [7, 11) is 3.25. The van der Waals surface area contributed by atoms with E-state index in [0.29, 0.717) is 49.0 Å². The van der Waals surface area contributed by atoms with E-state index in [9.17, 15) is 10.1 Å². The van der Waals surface area contributed by atoms with E-state index in [2.05, 4.69) is 29.6 Å². The Morgan fingerprint density at radius 3 is 2.60 bits per heavy atom. The predicted octanol–water partition coefficient (Wildman–Crippen LogP) is 4.79. The Balaban J connectivity index is 1.42. The van der Waals surface area contributed by atoms with Gasteiger partial charge in [0.25, 0.3) is 5.91 Å². The molecule has 1 fully saturated rings. The number of nitrogens with zero attached hydrogens (tertiary/aromatic N) is 2. The maximum atomic E-state index is 13.7. The van der Waals surface area contributed by atoms with Gasteiger partial charge >= 0.3 is 0 Å². The lowest BCUT2D eigenvalue weighted by molar-refractivity contribution is 0.0129. The zero-order valence-corrected chi connectivity index (χ0v) is 23.8. The zero-order valence-electron chi connectivity index (χ0n) is 23.8. The fourth-order valence-electron chi connectivity index (χ4n) is 5.00. The summed E-state index contributed by atoms with van der Waals surface area (Å²) < 4.78 is 22.8. The van der Waals surface area contributed by atoms with Gasteiger partial charge in [-0.05, 0) is 66.6 Å². The largest absolute Gasteiger partial charge is 0.493 e. The van der Waals surface area contributed by atoms with Crippen LogP contribution in [0.25, 0.3) is 10.8 Å². The minimum atomic E-state index is -0.0483. The first-order valence-electron chi connectivity index (χ1n) is 13.8. The summed E-state index contributed by atoms with van der Waals surface area (Å²) in [6.07, 6.45) is 0.720. The molecular formula is C32H39N3O5. The minimum Gasteiger partial charge on any atom is -0.493 e. The molecule has 0 bridgehead atoms. The molecule has 2 atom stereocenters. The Hall–Kier alpha value is -3.64. The summed E-state index contributed by atoms with van der Waals surface area (Å²) in [5.41, 5.74) is 2.26. The minimum absolute atomic E-state index is 0.0109. The van der Waals surface area contributed by atoms with E-state index in [0.717, 1.165) is 35.8 Å². The van der Waals surface area contributed by atoms with Gasteiger partial charge in [-0.15, -0.1) is 0 Å². The summed E-state index contributed by atoms with van der Waals surface area (Å²) in [4.78, 5) is 15.6. The average Bonchev–Trinajstić information content (AvgIpc) is 3.42. The molecule has 0 saturated carbocycles. The van der Waals surface area contributed by atoms with Gasteiger partial charge in [-0.2, -0.15) is 5.26 Å². The molecule has 3 aromatic rings. The van der Waals surface area contributed by atoms with E-state index < -0.39 is 0 Å². The molecule has 0 aliphatic carbocycles. The Morgan fingerprint density at radius 1 is 1.02 bits per heavy atom. The highest BCUT2D eigenvalue weighted by atomic mass is 16.5. The van der Waals surface area contributed by atoms with Crippen molar-refractivity contribution in [2.45, 2.75) is 39.0 Å². The van der Waals surface area contributed by atoms with Crippen molar-refractivity contribution >= 4 is 16.7 Å². The van der Waals surface area contributed by atoms with E-state index in [4.69, 9.17) is 18.9 Å². The number of hydrogen-bond acceptors (Lipinski definition) is 7. The zero-order chi connectivity index (χ0) is 28.5. The summed E-state index contributed by atoms with van der Waals surface area (Å²) in [6.45, 7) is 7.70. The number of hydrogen-bond donors (Lipinski definition) is 1. The second-order valence-corrected chi connectivity index (χ2v) is 10.4. The number of fused-ring (bicyclic) bond motifs is 1. The number of benzene rings is 3. The Bertz CT molecular complexity index is 1340. The number of ether oxygens (including phenoxy) is 4. The van der Waals surface area contributed by atoms with E-state index >= 15 is 0 Å². The molecule has 3 aromatic carbocycles. The van der Waals surface area contributed by atoms with Crippen molar-refractivity contribution < 1.29 is 23.7 Å². The third kappa shape index (κ3) is 7.30. The van der Waals surface area contributed by atoms with Crippen molar-refractivity contribution in [3.63, 3.8) is 0 Å². The lowest BCUT2D eigenvalue weighted by atomic mass is 10.0. The van der Waals surface area contributed by atoms with Gasteiger partial charge in [-0.3, -0.25) is 4.79 Å². The van der Waals surface area contributed by atoms with Gasteiger partial charge in [0, 0.05) is 57.3 Å². The Labute approximate surface area is 236 Å². The molecule has 4 rings (SSSR count). The molecule has 0 aromatic heterocycles. The number of rotatable bonds is 13. The molecule has 1 heterocycles. The highest BCUT2D eigenvalue weighted by molar-refractivity contribution is 5.95. The highest BCUT2D eigenvalue weighted by Gasteiger charge is 2.32. The number of nitriles is 1. The molecule has 0 spiro atoms. The molecule has 212 valence electrons. The number of methoxy groups -OCH3 is 2. The summed E-state index contributed by atoms with van der Waals surface area (Å²) in [6, 6.07) is 19.4. The first-order chi connectivity index (χ1) is 19.4. The van der Waals surface area contributed by atoms with Crippen LogP contribution in [0.2, 0.25) is 0 Å². The van der Waals surface area contributed by atoms with Crippen molar-refractivity contribution in [2.24, 2.45) is 5.92 Å². The monoisotopic (exact) mass is 545 g/mol. The predicted molar refractivity (Wildman–Crippen MR) is 155 cm³/mol. The van der Waals surface area contributed by atoms with Gasteiger partial charge in [0.05, 0.1) is 38.1 Å². The first-order valence-corrected chi connectivity index (χ1v) is 13.8. The summed E-state index contributed by atoms with van der Waals surface area (Å²) in [5, 5.41) is 14.8. The molecule has 0 unspecified atom stereocenters. The van der Waals surface area contributed by atoms with Crippen LogP contribution in [0.5, 0.6) is 11.5 Å². The SMILES string of the molecule is COCCCOc1cc(C(=O)N(C[C@@H]2CNC[C@H]2OCc2ccc3ccc(C#N)cc3c2)C(C)C)ccc1OC. The summed E-state index contributed by atoms with van der Waals surface area (Å²) in [5.74, 6) is 1.25. The fraction of sp³-hybridized carbons (Fsp3) is 0.438. The van der Waals surface area contributed by atoms with Gasteiger partial charge in [0.15, 0.2) is 11.5 Å². The van der Waals surface area contributed by atoms with Crippen molar-refractivity contribution in [2.75, 3.05) is 47.1 Å². The van der Waals surface area contributed by atoms with Crippen LogP contribution in [0.1, 0.15) is 41.8 Å². The second kappa shape index (κ2) is 14.1. The molecule has 1 saturated heterocycles. The van der Waals surface area contributed by atoms with Crippen LogP contribution in [0.15, 0.2) is 54.6 Å². The maximum absolute atomic E-state index is 13.7. The normalized spacial score (nSPS) is 16.7. The molecular weight excluding hydrogens is 506 g/mol. The number of carbonyl (C=O) groups is 1. The standard InChI is InChI=1S/C32H39N3O5/c1-22(2)35(32(36)26-10-11-29(38-4)30(16-26)39-13-5-12-37-3)20-28-18-34-19-31(28)40-21-24-7-9-25-8-6-23(17-33)14-27(25)15-24/h6-11,14-16,22,28,31,34H,5,12-13,18-21H2,1-4H3/t28-,31+/m0/s1.